The van der Waals surface area contributed by atoms with Crippen LogP contribution in [0, 0.1) is 5.92 Å². The first-order valence-electron chi connectivity index (χ1n) is 12.3. The van der Waals surface area contributed by atoms with Gasteiger partial charge in [0, 0.05) is 18.1 Å². The number of rotatable bonds is 7. The molecule has 190 valence electrons. The molecule has 0 fully saturated rings. The summed E-state index contributed by atoms with van der Waals surface area (Å²) in [5.41, 5.74) is 4.70. The largest absolute Gasteiger partial charge is 0.469 e. The summed E-state index contributed by atoms with van der Waals surface area (Å²) in [5.74, 6) is -0.556. The highest BCUT2D eigenvalue weighted by Gasteiger charge is 2.30. The minimum atomic E-state index is -4.40. The Hall–Kier alpha value is -3.35. The van der Waals surface area contributed by atoms with Gasteiger partial charge < -0.3 is 10.1 Å². The maximum Gasteiger partial charge on any atom is 0.416 e. The van der Waals surface area contributed by atoms with E-state index < -0.39 is 17.7 Å². The fourth-order valence-electron chi connectivity index (χ4n) is 4.93. The molecule has 0 saturated heterocycles. The van der Waals surface area contributed by atoms with Crippen molar-refractivity contribution >= 4 is 11.7 Å². The molecule has 0 bridgehead atoms. The van der Waals surface area contributed by atoms with Crippen molar-refractivity contribution in [1.82, 2.24) is 4.98 Å². The van der Waals surface area contributed by atoms with Gasteiger partial charge in [0.2, 0.25) is 0 Å². The summed E-state index contributed by atoms with van der Waals surface area (Å²) >= 11 is 0. The van der Waals surface area contributed by atoms with Gasteiger partial charge in [-0.05, 0) is 89.8 Å². The zero-order valence-corrected chi connectivity index (χ0v) is 20.7. The predicted molar refractivity (Wildman–Crippen MR) is 135 cm³/mol. The van der Waals surface area contributed by atoms with Gasteiger partial charge in [0.1, 0.15) is 0 Å². The normalized spacial score (nSPS) is 16.4. The van der Waals surface area contributed by atoms with Gasteiger partial charge in [0.25, 0.3) is 0 Å². The van der Waals surface area contributed by atoms with Crippen LogP contribution in [-0.2, 0) is 22.1 Å². The first-order chi connectivity index (χ1) is 17.2. The molecule has 1 N–H and O–H groups in total. The molecule has 4 nitrogen and oxygen atoms in total. The molecule has 0 aliphatic heterocycles. The average Bonchev–Trinajstić information content (AvgIpc) is 2.86. The van der Waals surface area contributed by atoms with E-state index in [4.69, 9.17) is 4.74 Å². The second-order valence-electron chi connectivity index (χ2n) is 9.79. The Morgan fingerprint density at radius 2 is 1.86 bits per heavy atom. The Kier molecular flexibility index (Phi) is 7.67. The second-order valence-corrected chi connectivity index (χ2v) is 9.79. The van der Waals surface area contributed by atoms with E-state index in [0.29, 0.717) is 12.0 Å². The van der Waals surface area contributed by atoms with Gasteiger partial charge in [-0.3, -0.25) is 9.78 Å². The summed E-state index contributed by atoms with van der Waals surface area (Å²) in [7, 11) is 1.38. The number of hydrogen-bond donors (Lipinski definition) is 1. The summed E-state index contributed by atoms with van der Waals surface area (Å²) in [4.78, 5) is 17.0. The number of aromatic nitrogens is 1. The predicted octanol–water partition coefficient (Wildman–Crippen LogP) is 7.56. The second kappa shape index (κ2) is 10.7. The van der Waals surface area contributed by atoms with Gasteiger partial charge in [-0.25, -0.2) is 0 Å². The van der Waals surface area contributed by atoms with Gasteiger partial charge in [-0.2, -0.15) is 13.2 Å². The molecular formula is C29H31F3N2O2. The van der Waals surface area contributed by atoms with Gasteiger partial charge in [-0.1, -0.05) is 32.0 Å². The standard InChI is InChI=1S/C29H31F3N2O2/c1-18(2)13-26(28(35)36-3)22-14-21(19-7-9-23(10-8-19)29(30,31)32)15-24(16-22)34-27-6-4-5-20-17-33-12-11-25(20)27/h7-12,14-18,26-27,34H,4-6,13H2,1-3H3. The first kappa shape index (κ1) is 25.7. The fraction of sp³-hybridized carbons (Fsp3) is 0.379. The fourth-order valence-corrected chi connectivity index (χ4v) is 4.93. The smallest absolute Gasteiger partial charge is 0.416 e. The number of nitrogens with zero attached hydrogens (tertiary/aromatic N) is 1. The lowest BCUT2D eigenvalue weighted by Crippen LogP contribution is -2.19. The van der Waals surface area contributed by atoms with Crippen LogP contribution in [-0.4, -0.2) is 18.1 Å². The third-order valence-corrected chi connectivity index (χ3v) is 6.69. The third-order valence-electron chi connectivity index (χ3n) is 6.69. The van der Waals surface area contributed by atoms with Crippen LogP contribution >= 0.6 is 0 Å². The van der Waals surface area contributed by atoms with E-state index in [1.165, 1.54) is 30.4 Å². The molecule has 0 radical (unpaired) electrons. The molecular weight excluding hydrogens is 465 g/mol. The maximum absolute atomic E-state index is 13.1. The Morgan fingerprint density at radius 1 is 1.11 bits per heavy atom. The van der Waals surface area contributed by atoms with Gasteiger partial charge in [-0.15, -0.1) is 0 Å². The number of esters is 1. The Morgan fingerprint density at radius 3 is 2.53 bits per heavy atom. The minimum Gasteiger partial charge on any atom is -0.469 e. The molecule has 7 heteroatoms. The van der Waals surface area contributed by atoms with E-state index >= 15 is 0 Å². The quantitative estimate of drug-likeness (QED) is 0.343. The summed E-state index contributed by atoms with van der Waals surface area (Å²) in [6.07, 6.45) is 2.85. The number of carbonyl (C=O) groups is 1. The Labute approximate surface area is 209 Å². The van der Waals surface area contributed by atoms with Crippen molar-refractivity contribution in [1.29, 1.82) is 0 Å². The minimum absolute atomic E-state index is 0.0779. The number of fused-ring (bicyclic) bond motifs is 1. The van der Waals surface area contributed by atoms with E-state index in [2.05, 4.69) is 10.3 Å². The SMILES string of the molecule is COC(=O)C(CC(C)C)c1cc(NC2CCCc3cnccc32)cc(-c2ccc(C(F)(F)F)cc2)c1. The molecule has 1 aromatic heterocycles. The topological polar surface area (TPSA) is 51.2 Å². The Balaban J connectivity index is 1.76. The molecule has 1 aliphatic rings. The lowest BCUT2D eigenvalue weighted by molar-refractivity contribution is -0.143. The highest BCUT2D eigenvalue weighted by molar-refractivity contribution is 5.80. The molecule has 2 atom stereocenters. The number of hydrogen-bond acceptors (Lipinski definition) is 4. The first-order valence-corrected chi connectivity index (χ1v) is 12.3. The highest BCUT2D eigenvalue weighted by Crippen LogP contribution is 2.37. The third kappa shape index (κ3) is 5.89. The molecule has 2 aromatic carbocycles. The van der Waals surface area contributed by atoms with Crippen molar-refractivity contribution in [3.8, 4) is 11.1 Å². The lowest BCUT2D eigenvalue weighted by Gasteiger charge is -2.28. The monoisotopic (exact) mass is 496 g/mol. The van der Waals surface area contributed by atoms with Crippen molar-refractivity contribution < 1.29 is 22.7 Å². The van der Waals surface area contributed by atoms with Crippen LogP contribution in [0.5, 0.6) is 0 Å². The zero-order valence-electron chi connectivity index (χ0n) is 20.7. The van der Waals surface area contributed by atoms with Gasteiger partial charge in [0.05, 0.1) is 24.6 Å². The molecule has 2 unspecified atom stereocenters. The molecule has 3 aromatic rings. The van der Waals surface area contributed by atoms with Crippen LogP contribution in [0.2, 0.25) is 0 Å². The van der Waals surface area contributed by atoms with E-state index in [1.807, 2.05) is 44.3 Å². The van der Waals surface area contributed by atoms with Crippen LogP contribution in [0.4, 0.5) is 18.9 Å². The van der Waals surface area contributed by atoms with Crippen molar-refractivity contribution in [2.45, 2.75) is 57.7 Å². The molecule has 0 spiro atoms. The van der Waals surface area contributed by atoms with Crippen molar-refractivity contribution in [2.24, 2.45) is 5.92 Å². The number of halogens is 3. The number of pyridine rings is 1. The lowest BCUT2D eigenvalue weighted by atomic mass is 9.87. The summed E-state index contributed by atoms with van der Waals surface area (Å²) in [5, 5.41) is 3.63. The molecule has 4 rings (SSSR count). The average molecular weight is 497 g/mol. The number of ether oxygens (including phenoxy) is 1. The Bertz CT molecular complexity index is 1210. The van der Waals surface area contributed by atoms with Crippen molar-refractivity contribution in [2.75, 3.05) is 12.4 Å². The maximum atomic E-state index is 13.1. The highest BCUT2D eigenvalue weighted by atomic mass is 19.4. The summed E-state index contributed by atoms with van der Waals surface area (Å²) in [6, 6.07) is 13.0. The van der Waals surface area contributed by atoms with Gasteiger partial charge in [0.15, 0.2) is 0 Å². The van der Waals surface area contributed by atoms with Crippen LogP contribution in [0.25, 0.3) is 11.1 Å². The van der Waals surface area contributed by atoms with Crippen molar-refractivity contribution in [3.05, 3.63) is 83.2 Å². The van der Waals surface area contributed by atoms with Crippen LogP contribution < -0.4 is 5.32 Å². The summed E-state index contributed by atoms with van der Waals surface area (Å²) in [6.45, 7) is 4.09. The van der Waals surface area contributed by atoms with Gasteiger partial charge >= 0.3 is 12.1 Å². The van der Waals surface area contributed by atoms with Crippen LogP contribution in [0.3, 0.4) is 0 Å². The van der Waals surface area contributed by atoms with E-state index in [9.17, 15) is 18.0 Å². The van der Waals surface area contributed by atoms with E-state index in [-0.39, 0.29) is 17.9 Å². The molecule has 1 aliphatic carbocycles. The zero-order chi connectivity index (χ0) is 25.9. The van der Waals surface area contributed by atoms with Crippen molar-refractivity contribution in [3.63, 3.8) is 0 Å². The van der Waals surface area contributed by atoms with Crippen LogP contribution in [0.15, 0.2) is 60.9 Å². The number of alkyl halides is 3. The molecule has 36 heavy (non-hydrogen) atoms. The van der Waals surface area contributed by atoms with E-state index in [1.54, 1.807) is 6.20 Å². The number of carbonyl (C=O) groups excluding carboxylic acids is 1. The molecule has 1 heterocycles. The summed E-state index contributed by atoms with van der Waals surface area (Å²) < 4.78 is 44.5. The van der Waals surface area contributed by atoms with Crippen LogP contribution in [0.1, 0.15) is 67.3 Å². The number of methoxy groups -OCH3 is 1. The molecule has 0 saturated carbocycles. The van der Waals surface area contributed by atoms with E-state index in [0.717, 1.165) is 48.2 Å². The number of anilines is 1. The number of aryl methyl sites for hydroxylation is 1. The molecule has 0 amide bonds. The number of benzene rings is 2. The number of nitrogens with one attached hydrogen (secondary N) is 1.